The fourth-order valence-electron chi connectivity index (χ4n) is 2.42. The van der Waals surface area contributed by atoms with Crippen LogP contribution >= 0.6 is 0 Å². The summed E-state index contributed by atoms with van der Waals surface area (Å²) in [5.74, 6) is 0.0334. The van der Waals surface area contributed by atoms with E-state index in [9.17, 15) is 13.9 Å². The highest BCUT2D eigenvalue weighted by atomic mass is 19.3. The second kappa shape index (κ2) is 5.79. The van der Waals surface area contributed by atoms with Crippen molar-refractivity contribution < 1.29 is 23.4 Å². The molecule has 1 heterocycles. The van der Waals surface area contributed by atoms with Crippen molar-refractivity contribution in [2.24, 2.45) is 0 Å². The first kappa shape index (κ1) is 14.0. The largest absolute Gasteiger partial charge is 0.435 e. The second-order valence-corrected chi connectivity index (χ2v) is 4.87. The average Bonchev–Trinajstić information content (AvgIpc) is 2.93. The van der Waals surface area contributed by atoms with Crippen molar-refractivity contribution >= 4 is 0 Å². The molecule has 5 heteroatoms. The lowest BCUT2D eigenvalue weighted by Crippen LogP contribution is -2.04. The van der Waals surface area contributed by atoms with E-state index in [1.54, 1.807) is 12.1 Å². The first-order valence-electron chi connectivity index (χ1n) is 6.56. The molecule has 0 saturated carbocycles. The van der Waals surface area contributed by atoms with Gasteiger partial charge >= 0.3 is 6.61 Å². The lowest BCUT2D eigenvalue weighted by molar-refractivity contribution is -0.0499. The molecule has 3 nitrogen and oxygen atoms in total. The number of alkyl halides is 2. The zero-order chi connectivity index (χ0) is 14.8. The molecular weight excluding hydrogens is 278 g/mol. The van der Waals surface area contributed by atoms with Crippen molar-refractivity contribution in [3.05, 3.63) is 64.7 Å². The second-order valence-electron chi connectivity index (χ2n) is 4.87. The first-order chi connectivity index (χ1) is 10.1. The van der Waals surface area contributed by atoms with Crippen LogP contribution in [0.5, 0.6) is 5.75 Å². The van der Waals surface area contributed by atoms with Crippen LogP contribution in [0.2, 0.25) is 0 Å². The maximum atomic E-state index is 12.2. The quantitative estimate of drug-likeness (QED) is 0.938. The Kier molecular flexibility index (Phi) is 3.86. The van der Waals surface area contributed by atoms with Gasteiger partial charge in [-0.2, -0.15) is 8.78 Å². The summed E-state index contributed by atoms with van der Waals surface area (Å²) in [4.78, 5) is 0. The molecule has 0 spiro atoms. The molecule has 3 rings (SSSR count). The normalized spacial score (nSPS) is 15.0. The van der Waals surface area contributed by atoms with E-state index < -0.39 is 12.7 Å². The Balaban J connectivity index is 1.86. The molecule has 1 aliphatic rings. The Morgan fingerprint density at radius 3 is 2.57 bits per heavy atom. The average molecular weight is 292 g/mol. The third kappa shape index (κ3) is 3.04. The molecule has 1 N–H and O–H groups in total. The number of ether oxygens (including phenoxy) is 2. The minimum Gasteiger partial charge on any atom is -0.435 e. The van der Waals surface area contributed by atoms with E-state index in [0.717, 1.165) is 11.1 Å². The van der Waals surface area contributed by atoms with E-state index >= 15 is 0 Å². The third-order valence-corrected chi connectivity index (χ3v) is 3.46. The lowest BCUT2D eigenvalue weighted by atomic mass is 9.98. The molecule has 0 amide bonds. The summed E-state index contributed by atoms with van der Waals surface area (Å²) in [7, 11) is 0. The minimum atomic E-state index is -2.88. The lowest BCUT2D eigenvalue weighted by Gasteiger charge is -2.14. The fourth-order valence-corrected chi connectivity index (χ4v) is 2.42. The van der Waals surface area contributed by atoms with Gasteiger partial charge in [0, 0.05) is 0 Å². The molecule has 1 unspecified atom stereocenters. The van der Waals surface area contributed by atoms with Gasteiger partial charge in [-0.3, -0.25) is 0 Å². The molecule has 0 fully saturated rings. The van der Waals surface area contributed by atoms with E-state index in [1.807, 2.05) is 18.2 Å². The monoisotopic (exact) mass is 292 g/mol. The van der Waals surface area contributed by atoms with Crippen molar-refractivity contribution in [2.45, 2.75) is 25.9 Å². The Morgan fingerprint density at radius 1 is 1.00 bits per heavy atom. The maximum absolute atomic E-state index is 12.2. The van der Waals surface area contributed by atoms with Crippen molar-refractivity contribution in [3.8, 4) is 5.75 Å². The van der Waals surface area contributed by atoms with E-state index in [1.165, 1.54) is 12.1 Å². The molecule has 110 valence electrons. The molecule has 0 radical (unpaired) electrons. The first-order valence-corrected chi connectivity index (χ1v) is 6.56. The van der Waals surface area contributed by atoms with Gasteiger partial charge in [0.1, 0.15) is 11.9 Å². The van der Waals surface area contributed by atoms with Crippen LogP contribution in [0.4, 0.5) is 8.78 Å². The van der Waals surface area contributed by atoms with Gasteiger partial charge in [0.05, 0.1) is 13.2 Å². The third-order valence-electron chi connectivity index (χ3n) is 3.46. The highest BCUT2D eigenvalue weighted by Gasteiger charge is 2.17. The summed E-state index contributed by atoms with van der Waals surface area (Å²) < 4.78 is 34.1. The smallest absolute Gasteiger partial charge is 0.387 e. The summed E-state index contributed by atoms with van der Waals surface area (Å²) in [6.07, 6.45) is -0.892. The van der Waals surface area contributed by atoms with E-state index in [2.05, 4.69) is 4.74 Å². The van der Waals surface area contributed by atoms with Gasteiger partial charge in [0.2, 0.25) is 0 Å². The number of hydrogen-bond donors (Lipinski definition) is 1. The zero-order valence-electron chi connectivity index (χ0n) is 11.1. The van der Waals surface area contributed by atoms with Crippen LogP contribution in [0.3, 0.4) is 0 Å². The summed E-state index contributed by atoms with van der Waals surface area (Å²) in [5.41, 5.74) is 3.37. The predicted octanol–water partition coefficient (Wildman–Crippen LogP) is 3.40. The molecule has 0 aliphatic carbocycles. The van der Waals surface area contributed by atoms with Crippen molar-refractivity contribution in [2.75, 3.05) is 0 Å². The molecule has 2 aromatic rings. The van der Waals surface area contributed by atoms with E-state index in [-0.39, 0.29) is 5.75 Å². The SMILES string of the molecule is OC(c1cccc(OC(F)F)c1)c1ccc2c(c1)COC2. The van der Waals surface area contributed by atoms with Crippen LogP contribution in [-0.2, 0) is 18.0 Å². The molecule has 0 bridgehead atoms. The summed E-state index contributed by atoms with van der Waals surface area (Å²) in [5, 5.41) is 10.4. The fraction of sp³-hybridized carbons (Fsp3) is 0.250. The van der Waals surface area contributed by atoms with Crippen molar-refractivity contribution in [1.82, 2.24) is 0 Å². The number of hydrogen-bond acceptors (Lipinski definition) is 3. The Hall–Kier alpha value is -1.98. The zero-order valence-corrected chi connectivity index (χ0v) is 11.1. The highest BCUT2D eigenvalue weighted by Crippen LogP contribution is 2.29. The van der Waals surface area contributed by atoms with Gasteiger partial charge in [-0.15, -0.1) is 0 Å². The number of halogens is 2. The van der Waals surface area contributed by atoms with Gasteiger partial charge in [0.15, 0.2) is 0 Å². The van der Waals surface area contributed by atoms with Gasteiger partial charge < -0.3 is 14.6 Å². The van der Waals surface area contributed by atoms with Gasteiger partial charge in [-0.1, -0.05) is 30.3 Å². The van der Waals surface area contributed by atoms with Crippen LogP contribution in [0.1, 0.15) is 28.4 Å². The predicted molar refractivity (Wildman–Crippen MR) is 72.1 cm³/mol. The Labute approximate surface area is 120 Å². The van der Waals surface area contributed by atoms with Crippen molar-refractivity contribution in [3.63, 3.8) is 0 Å². The van der Waals surface area contributed by atoms with Gasteiger partial charge in [0.25, 0.3) is 0 Å². The van der Waals surface area contributed by atoms with Crippen LogP contribution in [0.25, 0.3) is 0 Å². The molecule has 21 heavy (non-hydrogen) atoms. The highest BCUT2D eigenvalue weighted by molar-refractivity contribution is 5.39. The van der Waals surface area contributed by atoms with Gasteiger partial charge in [-0.25, -0.2) is 0 Å². The summed E-state index contributed by atoms with van der Waals surface area (Å²) in [6.45, 7) is -1.76. The number of aliphatic hydroxyl groups excluding tert-OH is 1. The number of rotatable bonds is 4. The van der Waals surface area contributed by atoms with Crippen LogP contribution in [-0.4, -0.2) is 11.7 Å². The molecule has 1 atom stereocenters. The number of fused-ring (bicyclic) bond motifs is 1. The van der Waals surface area contributed by atoms with Crippen molar-refractivity contribution in [1.29, 1.82) is 0 Å². The Morgan fingerprint density at radius 2 is 1.76 bits per heavy atom. The molecule has 2 aromatic carbocycles. The molecular formula is C16H14F2O3. The molecule has 0 aromatic heterocycles. The topological polar surface area (TPSA) is 38.7 Å². The van der Waals surface area contributed by atoms with Gasteiger partial charge in [-0.05, 0) is 34.4 Å². The molecule has 0 saturated heterocycles. The van der Waals surface area contributed by atoms with Crippen LogP contribution in [0, 0.1) is 0 Å². The van der Waals surface area contributed by atoms with Crippen LogP contribution in [0.15, 0.2) is 42.5 Å². The summed E-state index contributed by atoms with van der Waals surface area (Å²) >= 11 is 0. The number of aliphatic hydroxyl groups is 1. The van der Waals surface area contributed by atoms with E-state index in [0.29, 0.717) is 24.3 Å². The Bertz CT molecular complexity index is 643. The standard InChI is InChI=1S/C16H14F2O3/c17-16(18)21-14-3-1-2-10(7-14)15(19)11-4-5-12-8-20-9-13(12)6-11/h1-7,15-16,19H,8-9H2. The maximum Gasteiger partial charge on any atom is 0.387 e. The van der Waals surface area contributed by atoms with Crippen LogP contribution < -0.4 is 4.74 Å². The molecule has 1 aliphatic heterocycles. The number of benzene rings is 2. The minimum absolute atomic E-state index is 0.0334. The summed E-state index contributed by atoms with van der Waals surface area (Å²) in [6, 6.07) is 11.7. The van der Waals surface area contributed by atoms with E-state index in [4.69, 9.17) is 4.74 Å².